The first kappa shape index (κ1) is 24.9. The Morgan fingerprint density at radius 3 is 2.68 bits per heavy atom. The summed E-state index contributed by atoms with van der Waals surface area (Å²) in [6.07, 6.45) is 2.72. The van der Waals surface area contributed by atoms with Gasteiger partial charge in [0.25, 0.3) is 0 Å². The number of aryl methyl sites for hydroxylation is 2. The van der Waals surface area contributed by atoms with Gasteiger partial charge in [-0.05, 0) is 43.2 Å². The third-order valence-corrected chi connectivity index (χ3v) is 6.93. The summed E-state index contributed by atoms with van der Waals surface area (Å²) in [5.74, 6) is 1.62. The smallest absolute Gasteiger partial charge is 0.356 e. The van der Waals surface area contributed by atoms with E-state index in [4.69, 9.17) is 14.1 Å². The number of esters is 1. The number of nitrogens with one attached hydrogen (secondary N) is 1. The normalized spacial score (nSPS) is 11.4. The average molecular weight is 563 g/mol. The fourth-order valence-corrected chi connectivity index (χ4v) is 5.20. The van der Waals surface area contributed by atoms with Gasteiger partial charge >= 0.3 is 5.97 Å². The van der Waals surface area contributed by atoms with Crippen molar-refractivity contribution in [1.82, 2.24) is 30.2 Å². The summed E-state index contributed by atoms with van der Waals surface area (Å²) >= 11 is 3.73. The summed E-state index contributed by atoms with van der Waals surface area (Å²) in [6.45, 7) is 6.38. The van der Waals surface area contributed by atoms with Gasteiger partial charge in [-0.25, -0.2) is 9.78 Å². The molecule has 0 saturated carbocycles. The molecule has 9 nitrogen and oxygen atoms in total. The molecule has 10 heteroatoms. The number of furan rings is 1. The Bertz CT molecular complexity index is 1550. The summed E-state index contributed by atoms with van der Waals surface area (Å²) < 4.78 is 14.7. The van der Waals surface area contributed by atoms with E-state index >= 15 is 0 Å². The maximum Gasteiger partial charge on any atom is 0.356 e. The molecular formula is C27H27BrN6O3. The molecule has 0 amide bonds. The number of hydrogen-bond donors (Lipinski definition) is 1. The fraction of sp³-hybridized carbons (Fsp3) is 0.296. The van der Waals surface area contributed by atoms with Crippen LogP contribution in [0.5, 0.6) is 0 Å². The van der Waals surface area contributed by atoms with Gasteiger partial charge in [0.15, 0.2) is 5.69 Å². The lowest BCUT2D eigenvalue weighted by Crippen LogP contribution is -2.16. The first-order chi connectivity index (χ1) is 18.0. The second-order valence-corrected chi connectivity index (χ2v) is 9.52. The zero-order valence-electron chi connectivity index (χ0n) is 20.9. The van der Waals surface area contributed by atoms with Crippen LogP contribution in [0.1, 0.15) is 54.5 Å². The van der Waals surface area contributed by atoms with Gasteiger partial charge in [-0.15, -0.1) is 10.2 Å². The van der Waals surface area contributed by atoms with Gasteiger partial charge in [0.05, 0.1) is 18.8 Å². The number of carbonyl (C=O) groups excluding carboxylic acids is 1. The van der Waals surface area contributed by atoms with Crippen LogP contribution < -0.4 is 0 Å². The molecule has 0 saturated heterocycles. The van der Waals surface area contributed by atoms with Crippen LogP contribution in [0.2, 0.25) is 0 Å². The SMILES string of the molecule is CCCCc1nc(C)c(C(=O)OCC)n1Cc1oc2cccc(Br)c2c1-c1ccccc1-c1nn[nH]n1. The molecule has 3 heterocycles. The van der Waals surface area contributed by atoms with Crippen LogP contribution in [-0.2, 0) is 17.7 Å². The molecule has 0 aliphatic rings. The van der Waals surface area contributed by atoms with E-state index in [1.165, 1.54) is 0 Å². The Balaban J connectivity index is 1.74. The molecule has 0 aliphatic heterocycles. The molecular weight excluding hydrogens is 536 g/mol. The zero-order chi connectivity index (χ0) is 25.9. The molecule has 0 spiro atoms. The van der Waals surface area contributed by atoms with Gasteiger partial charge in [-0.3, -0.25) is 0 Å². The summed E-state index contributed by atoms with van der Waals surface area (Å²) in [5, 5.41) is 15.6. The predicted molar refractivity (Wildman–Crippen MR) is 143 cm³/mol. The van der Waals surface area contributed by atoms with E-state index in [0.717, 1.165) is 57.2 Å². The van der Waals surface area contributed by atoms with E-state index in [2.05, 4.69) is 43.5 Å². The van der Waals surface area contributed by atoms with E-state index in [1.54, 1.807) is 6.92 Å². The lowest BCUT2D eigenvalue weighted by atomic mass is 9.96. The molecule has 37 heavy (non-hydrogen) atoms. The number of rotatable bonds is 9. The molecule has 5 rings (SSSR count). The van der Waals surface area contributed by atoms with Gasteiger partial charge in [-0.1, -0.05) is 59.6 Å². The highest BCUT2D eigenvalue weighted by Crippen LogP contribution is 2.42. The third-order valence-electron chi connectivity index (χ3n) is 6.27. The minimum atomic E-state index is -0.388. The number of halogens is 1. The molecule has 5 aromatic rings. The molecule has 0 unspecified atom stereocenters. The van der Waals surface area contributed by atoms with Gasteiger partial charge in [-0.2, -0.15) is 5.21 Å². The van der Waals surface area contributed by atoms with Crippen molar-refractivity contribution in [2.45, 2.75) is 46.6 Å². The van der Waals surface area contributed by atoms with Crippen LogP contribution >= 0.6 is 15.9 Å². The predicted octanol–water partition coefficient (Wildman–Crippen LogP) is 6.11. The van der Waals surface area contributed by atoms with Gasteiger partial charge in [0, 0.05) is 27.4 Å². The number of imidazole rings is 1. The number of H-pyrrole nitrogens is 1. The van der Waals surface area contributed by atoms with Crippen molar-refractivity contribution in [2.24, 2.45) is 0 Å². The highest BCUT2D eigenvalue weighted by atomic mass is 79.9. The molecule has 0 fully saturated rings. The van der Waals surface area contributed by atoms with Gasteiger partial charge < -0.3 is 13.7 Å². The summed E-state index contributed by atoms with van der Waals surface area (Å²) in [7, 11) is 0. The number of aromatic nitrogens is 6. The minimum absolute atomic E-state index is 0.286. The Morgan fingerprint density at radius 2 is 1.95 bits per heavy atom. The lowest BCUT2D eigenvalue weighted by Gasteiger charge is -2.13. The highest BCUT2D eigenvalue weighted by Gasteiger charge is 2.27. The number of unbranched alkanes of at least 4 members (excludes halogenated alkanes) is 1. The molecule has 0 aliphatic carbocycles. The molecule has 190 valence electrons. The zero-order valence-corrected chi connectivity index (χ0v) is 22.5. The van der Waals surface area contributed by atoms with E-state index < -0.39 is 0 Å². The summed E-state index contributed by atoms with van der Waals surface area (Å²) in [4.78, 5) is 17.8. The number of aromatic amines is 1. The van der Waals surface area contributed by atoms with Crippen molar-refractivity contribution in [3.05, 3.63) is 69.9 Å². The Labute approximate surface area is 222 Å². The van der Waals surface area contributed by atoms with Gasteiger partial charge in [0.1, 0.15) is 17.2 Å². The fourth-order valence-electron chi connectivity index (χ4n) is 4.65. The van der Waals surface area contributed by atoms with Crippen molar-refractivity contribution in [1.29, 1.82) is 0 Å². The number of carbonyl (C=O) groups is 1. The van der Waals surface area contributed by atoms with Crippen LogP contribution in [0.15, 0.2) is 51.4 Å². The van der Waals surface area contributed by atoms with Crippen LogP contribution in [0.3, 0.4) is 0 Å². The van der Waals surface area contributed by atoms with Crippen molar-refractivity contribution >= 4 is 32.9 Å². The lowest BCUT2D eigenvalue weighted by molar-refractivity contribution is 0.0512. The number of ether oxygens (including phenoxy) is 1. The van der Waals surface area contributed by atoms with Crippen LogP contribution in [0.25, 0.3) is 33.5 Å². The van der Waals surface area contributed by atoms with E-state index in [9.17, 15) is 4.79 Å². The minimum Gasteiger partial charge on any atom is -0.461 e. The topological polar surface area (TPSA) is 112 Å². The Kier molecular flexibility index (Phi) is 7.18. The first-order valence-corrected chi connectivity index (χ1v) is 13.1. The summed E-state index contributed by atoms with van der Waals surface area (Å²) in [6, 6.07) is 13.7. The largest absolute Gasteiger partial charge is 0.461 e. The van der Waals surface area contributed by atoms with Crippen LogP contribution in [0, 0.1) is 6.92 Å². The van der Waals surface area contributed by atoms with Crippen molar-refractivity contribution in [3.63, 3.8) is 0 Å². The Morgan fingerprint density at radius 1 is 1.14 bits per heavy atom. The van der Waals surface area contributed by atoms with Crippen LogP contribution in [0.4, 0.5) is 0 Å². The van der Waals surface area contributed by atoms with E-state index in [1.807, 2.05) is 54.0 Å². The molecule has 0 atom stereocenters. The first-order valence-electron chi connectivity index (χ1n) is 12.3. The second-order valence-electron chi connectivity index (χ2n) is 8.67. The Hall–Kier alpha value is -3.79. The molecule has 2 aromatic carbocycles. The summed E-state index contributed by atoms with van der Waals surface area (Å²) in [5.41, 5.74) is 4.43. The maximum atomic E-state index is 13.0. The number of fused-ring (bicyclic) bond motifs is 1. The molecule has 3 aromatic heterocycles. The average Bonchev–Trinajstić information content (AvgIpc) is 3.61. The monoisotopic (exact) mass is 562 g/mol. The van der Waals surface area contributed by atoms with E-state index in [-0.39, 0.29) is 12.6 Å². The highest BCUT2D eigenvalue weighted by molar-refractivity contribution is 9.10. The molecule has 1 N–H and O–H groups in total. The third kappa shape index (κ3) is 4.69. The quantitative estimate of drug-likeness (QED) is 0.215. The number of nitrogens with zero attached hydrogens (tertiary/aromatic N) is 5. The number of tetrazole rings is 1. The van der Waals surface area contributed by atoms with Crippen molar-refractivity contribution in [2.75, 3.05) is 6.61 Å². The number of hydrogen-bond acceptors (Lipinski definition) is 7. The molecule has 0 radical (unpaired) electrons. The van der Waals surface area contributed by atoms with E-state index in [0.29, 0.717) is 29.5 Å². The van der Waals surface area contributed by atoms with Gasteiger partial charge in [0.2, 0.25) is 5.82 Å². The standard InChI is InChI=1S/C27H27BrN6O3/c1-4-6-14-22-29-16(3)25(27(35)36-5-2)34(22)15-21-23(24-19(28)12-9-13-20(24)37-21)17-10-7-8-11-18(17)26-30-32-33-31-26/h7-13H,4-6,14-15H2,1-3H3,(H,30,31,32,33). The second kappa shape index (κ2) is 10.7. The van der Waals surface area contributed by atoms with Crippen molar-refractivity contribution in [3.8, 4) is 22.5 Å². The van der Waals surface area contributed by atoms with Crippen molar-refractivity contribution < 1.29 is 13.9 Å². The number of benzene rings is 2. The maximum absolute atomic E-state index is 13.0. The van der Waals surface area contributed by atoms with Crippen LogP contribution in [-0.4, -0.2) is 42.8 Å². The molecule has 0 bridgehead atoms.